The lowest BCUT2D eigenvalue weighted by atomic mass is 9.99. The number of piperidine rings is 1. The minimum atomic E-state index is -0.139. The normalized spacial score (nSPS) is 21.1. The van der Waals surface area contributed by atoms with Crippen molar-refractivity contribution in [3.63, 3.8) is 0 Å². The van der Waals surface area contributed by atoms with Crippen LogP contribution in [0, 0.1) is 6.92 Å². The van der Waals surface area contributed by atoms with Crippen LogP contribution in [0.2, 0.25) is 10.0 Å². The Morgan fingerprint density at radius 1 is 1.14 bits per heavy atom. The van der Waals surface area contributed by atoms with E-state index in [1.165, 1.54) is 7.11 Å². The number of carbonyl (C=O) groups is 1. The summed E-state index contributed by atoms with van der Waals surface area (Å²) in [4.78, 5) is 24.1. The van der Waals surface area contributed by atoms with Gasteiger partial charge in [-0.1, -0.05) is 23.2 Å². The first kappa shape index (κ1) is 25.9. The second-order valence-electron chi connectivity index (χ2n) is 8.76. The van der Waals surface area contributed by atoms with Gasteiger partial charge in [0, 0.05) is 50.1 Å². The fraction of sp³-hybridized carbons (Fsp3) is 0.542. The van der Waals surface area contributed by atoms with Crippen LogP contribution in [0.5, 0.6) is 6.01 Å². The molecule has 2 N–H and O–H groups in total. The molecule has 2 fully saturated rings. The predicted molar refractivity (Wildman–Crippen MR) is 135 cm³/mol. The molecule has 0 saturated carbocycles. The Morgan fingerprint density at radius 2 is 1.91 bits per heavy atom. The first-order chi connectivity index (χ1) is 16.9. The molecule has 0 bridgehead atoms. The molecule has 2 aromatic rings. The Hall–Kier alpha value is -2.17. The molecule has 11 heteroatoms. The maximum Gasteiger partial charge on any atom is 0.318 e. The molecule has 190 valence electrons. The zero-order chi connectivity index (χ0) is 24.9. The number of hydrogen-bond acceptors (Lipinski definition) is 8. The average Bonchev–Trinajstić information content (AvgIpc) is 2.88. The van der Waals surface area contributed by atoms with E-state index in [9.17, 15) is 4.79 Å². The van der Waals surface area contributed by atoms with Crippen molar-refractivity contribution in [2.24, 2.45) is 0 Å². The van der Waals surface area contributed by atoms with Gasteiger partial charge in [0.2, 0.25) is 0 Å². The van der Waals surface area contributed by atoms with Gasteiger partial charge in [0.05, 0.1) is 29.9 Å². The minimum Gasteiger partial charge on any atom is -0.467 e. The number of rotatable bonds is 7. The highest BCUT2D eigenvalue weighted by atomic mass is 35.5. The molecular formula is C24H31Cl2N5O4. The summed E-state index contributed by atoms with van der Waals surface area (Å²) < 4.78 is 16.4. The van der Waals surface area contributed by atoms with Crippen molar-refractivity contribution in [1.82, 2.24) is 20.2 Å². The van der Waals surface area contributed by atoms with Crippen molar-refractivity contribution < 1.29 is 19.0 Å². The highest BCUT2D eigenvalue weighted by Crippen LogP contribution is 2.29. The fourth-order valence-electron chi connectivity index (χ4n) is 4.46. The van der Waals surface area contributed by atoms with E-state index in [0.717, 1.165) is 25.9 Å². The lowest BCUT2D eigenvalue weighted by Crippen LogP contribution is -2.54. The molecule has 4 rings (SSSR count). The van der Waals surface area contributed by atoms with Crippen LogP contribution >= 0.6 is 23.2 Å². The number of aromatic nitrogens is 2. The van der Waals surface area contributed by atoms with Crippen LogP contribution in [-0.2, 0) is 9.47 Å². The standard InChI is InChI=1S/C24H31Cl2N5O4/c1-14-21(29-24(34-3)30-22(14)28-16-4-5-17(25)18(26)12-16)23(32)31-9-6-15(7-10-31)27-19-8-11-35-13-20(19)33-2/h4-5,12,15,19-20,27H,6-11,13H2,1-3H3,(H,28,29,30)/t19-,20+/m0/s1. The second kappa shape index (κ2) is 11.7. The van der Waals surface area contributed by atoms with E-state index in [4.69, 9.17) is 37.4 Å². The predicted octanol–water partition coefficient (Wildman–Crippen LogP) is 3.84. The molecule has 1 aromatic heterocycles. The molecule has 1 amide bonds. The molecule has 2 atom stereocenters. The third kappa shape index (κ3) is 6.16. The van der Waals surface area contributed by atoms with Gasteiger partial charge in [-0.15, -0.1) is 0 Å². The van der Waals surface area contributed by atoms with Gasteiger partial charge in [0.1, 0.15) is 11.5 Å². The largest absolute Gasteiger partial charge is 0.467 e. The highest BCUT2D eigenvalue weighted by molar-refractivity contribution is 6.42. The molecule has 3 heterocycles. The lowest BCUT2D eigenvalue weighted by molar-refractivity contribution is -0.0533. The van der Waals surface area contributed by atoms with Crippen molar-refractivity contribution in [2.75, 3.05) is 45.8 Å². The highest BCUT2D eigenvalue weighted by Gasteiger charge is 2.31. The number of ether oxygens (including phenoxy) is 3. The van der Waals surface area contributed by atoms with Crippen molar-refractivity contribution in [3.8, 4) is 6.01 Å². The van der Waals surface area contributed by atoms with Gasteiger partial charge in [-0.3, -0.25) is 4.79 Å². The number of benzene rings is 1. The fourth-order valence-corrected chi connectivity index (χ4v) is 4.76. The van der Waals surface area contributed by atoms with E-state index in [0.29, 0.717) is 58.5 Å². The summed E-state index contributed by atoms with van der Waals surface area (Å²) >= 11 is 12.2. The number of likely N-dealkylation sites (tertiary alicyclic amines) is 1. The molecule has 0 unspecified atom stereocenters. The quantitative estimate of drug-likeness (QED) is 0.564. The topological polar surface area (TPSA) is 97.8 Å². The van der Waals surface area contributed by atoms with Gasteiger partial charge in [0.15, 0.2) is 0 Å². The summed E-state index contributed by atoms with van der Waals surface area (Å²) in [6.07, 6.45) is 2.69. The Balaban J connectivity index is 1.44. The van der Waals surface area contributed by atoms with Crippen molar-refractivity contribution in [3.05, 3.63) is 39.5 Å². The summed E-state index contributed by atoms with van der Waals surface area (Å²) in [6.45, 7) is 4.44. The van der Waals surface area contributed by atoms with Crippen molar-refractivity contribution >= 4 is 40.6 Å². The molecule has 2 aliphatic heterocycles. The van der Waals surface area contributed by atoms with Crippen LogP contribution in [0.25, 0.3) is 0 Å². The number of nitrogens with zero attached hydrogens (tertiary/aromatic N) is 3. The Labute approximate surface area is 215 Å². The van der Waals surface area contributed by atoms with Crippen LogP contribution < -0.4 is 15.4 Å². The van der Waals surface area contributed by atoms with Crippen LogP contribution in [0.15, 0.2) is 18.2 Å². The Morgan fingerprint density at radius 3 is 2.60 bits per heavy atom. The van der Waals surface area contributed by atoms with E-state index in [-0.39, 0.29) is 24.1 Å². The van der Waals surface area contributed by atoms with Crippen LogP contribution in [0.4, 0.5) is 11.5 Å². The van der Waals surface area contributed by atoms with E-state index in [2.05, 4.69) is 20.6 Å². The maximum absolute atomic E-state index is 13.4. The smallest absolute Gasteiger partial charge is 0.318 e. The van der Waals surface area contributed by atoms with Gasteiger partial charge >= 0.3 is 6.01 Å². The molecular weight excluding hydrogens is 493 g/mol. The second-order valence-corrected chi connectivity index (χ2v) is 9.58. The first-order valence-electron chi connectivity index (χ1n) is 11.7. The molecule has 0 radical (unpaired) electrons. The number of anilines is 2. The molecule has 0 spiro atoms. The van der Waals surface area contributed by atoms with Gasteiger partial charge in [0.25, 0.3) is 5.91 Å². The molecule has 0 aliphatic carbocycles. The number of hydrogen-bond donors (Lipinski definition) is 2. The lowest BCUT2D eigenvalue weighted by Gasteiger charge is -2.38. The third-order valence-corrected chi connectivity index (χ3v) is 7.27. The molecule has 9 nitrogen and oxygen atoms in total. The summed E-state index contributed by atoms with van der Waals surface area (Å²) in [7, 11) is 3.20. The minimum absolute atomic E-state index is 0.0565. The molecule has 2 saturated heterocycles. The van der Waals surface area contributed by atoms with Gasteiger partial charge in [-0.25, -0.2) is 0 Å². The molecule has 35 heavy (non-hydrogen) atoms. The average molecular weight is 524 g/mol. The third-order valence-electron chi connectivity index (χ3n) is 6.53. The summed E-state index contributed by atoms with van der Waals surface area (Å²) in [6, 6.07) is 5.89. The number of halogens is 2. The SMILES string of the molecule is COc1nc(Nc2ccc(Cl)c(Cl)c2)c(C)c(C(=O)N2CCC(N[C@H]3CCOC[C@H]3OC)CC2)n1. The Bertz CT molecular complexity index is 1050. The van der Waals surface area contributed by atoms with E-state index >= 15 is 0 Å². The molecule has 2 aliphatic rings. The maximum atomic E-state index is 13.4. The van der Waals surface area contributed by atoms with E-state index in [1.807, 2.05) is 11.8 Å². The Kier molecular flexibility index (Phi) is 8.67. The van der Waals surface area contributed by atoms with E-state index in [1.54, 1.807) is 25.3 Å². The zero-order valence-electron chi connectivity index (χ0n) is 20.1. The van der Waals surface area contributed by atoms with Crippen molar-refractivity contribution in [2.45, 2.75) is 44.4 Å². The summed E-state index contributed by atoms with van der Waals surface area (Å²) in [5.41, 5.74) is 1.64. The summed E-state index contributed by atoms with van der Waals surface area (Å²) in [5, 5.41) is 7.79. The zero-order valence-corrected chi connectivity index (χ0v) is 21.7. The van der Waals surface area contributed by atoms with Crippen LogP contribution in [0.3, 0.4) is 0 Å². The van der Waals surface area contributed by atoms with Crippen molar-refractivity contribution in [1.29, 1.82) is 0 Å². The number of methoxy groups -OCH3 is 2. The molecule has 1 aromatic carbocycles. The number of amides is 1. The van der Waals surface area contributed by atoms with Crippen LogP contribution in [0.1, 0.15) is 35.3 Å². The summed E-state index contributed by atoms with van der Waals surface area (Å²) in [5.74, 6) is 0.333. The van der Waals surface area contributed by atoms with E-state index < -0.39 is 0 Å². The number of nitrogens with one attached hydrogen (secondary N) is 2. The first-order valence-corrected chi connectivity index (χ1v) is 12.5. The van der Waals surface area contributed by atoms with Gasteiger partial charge in [-0.2, -0.15) is 9.97 Å². The monoisotopic (exact) mass is 523 g/mol. The van der Waals surface area contributed by atoms with Gasteiger partial charge in [-0.05, 0) is 44.4 Å². The number of carbonyl (C=O) groups excluding carboxylic acids is 1. The van der Waals surface area contributed by atoms with Gasteiger partial charge < -0.3 is 29.7 Å². The van der Waals surface area contributed by atoms with Crippen LogP contribution in [-0.4, -0.2) is 79.5 Å².